The van der Waals surface area contributed by atoms with Gasteiger partial charge in [0, 0.05) is 19.7 Å². The van der Waals surface area contributed by atoms with Gasteiger partial charge in [0.05, 0.1) is 5.39 Å². The summed E-state index contributed by atoms with van der Waals surface area (Å²) in [5.74, 6) is 2.57. The van der Waals surface area contributed by atoms with E-state index in [1.54, 1.807) is 23.1 Å². The number of hydrogen-bond acceptors (Lipinski definition) is 3. The van der Waals surface area contributed by atoms with Gasteiger partial charge in [0.1, 0.15) is 5.58 Å². The molecule has 4 aliphatic rings. The van der Waals surface area contributed by atoms with Crippen molar-refractivity contribution in [3.63, 3.8) is 0 Å². The van der Waals surface area contributed by atoms with Crippen LogP contribution in [0.25, 0.3) is 11.0 Å². The van der Waals surface area contributed by atoms with E-state index in [0.29, 0.717) is 11.0 Å². The van der Waals surface area contributed by atoms with Gasteiger partial charge in [-0.25, -0.2) is 0 Å². The van der Waals surface area contributed by atoms with Gasteiger partial charge in [-0.15, -0.1) is 0 Å². The summed E-state index contributed by atoms with van der Waals surface area (Å²) in [6.07, 6.45) is 7.98. The smallest absolute Gasteiger partial charge is 0.289 e. The highest BCUT2D eigenvalue weighted by Gasteiger charge is 2.51. The molecule has 26 heavy (non-hydrogen) atoms. The average Bonchev–Trinajstić information content (AvgIpc) is 2.59. The molecule has 136 valence electrons. The van der Waals surface area contributed by atoms with Crippen LogP contribution in [0.15, 0.2) is 39.5 Å². The third kappa shape index (κ3) is 2.58. The summed E-state index contributed by atoms with van der Waals surface area (Å²) in [5, 5.41) is 0.521. The first-order valence-corrected chi connectivity index (χ1v) is 9.80. The van der Waals surface area contributed by atoms with Gasteiger partial charge in [-0.1, -0.05) is 12.1 Å². The lowest BCUT2D eigenvalue weighted by molar-refractivity contribution is -0.0631. The molecule has 0 radical (unpaired) electrons. The molecule has 2 aromatic rings. The summed E-state index contributed by atoms with van der Waals surface area (Å²) in [5.41, 5.74) is 0.612. The van der Waals surface area contributed by atoms with E-state index in [0.717, 1.165) is 24.3 Å². The second kappa shape index (κ2) is 5.70. The fraction of sp³-hybridized carbons (Fsp3) is 0.545. The molecule has 4 fully saturated rings. The molecule has 4 heteroatoms. The van der Waals surface area contributed by atoms with Crippen LogP contribution in [0.2, 0.25) is 0 Å². The summed E-state index contributed by atoms with van der Waals surface area (Å²) in [7, 11) is 1.86. The number of rotatable bonds is 3. The van der Waals surface area contributed by atoms with Gasteiger partial charge in [0.2, 0.25) is 0 Å². The Bertz CT molecular complexity index is 893. The van der Waals surface area contributed by atoms with E-state index < -0.39 is 0 Å². The minimum atomic E-state index is -0.177. The van der Waals surface area contributed by atoms with Crippen molar-refractivity contribution in [1.29, 1.82) is 0 Å². The Kier molecular flexibility index (Phi) is 3.53. The molecule has 1 aromatic heterocycles. The summed E-state index contributed by atoms with van der Waals surface area (Å²) in [6, 6.07) is 8.45. The molecular formula is C22H25NO3. The van der Waals surface area contributed by atoms with E-state index in [1.807, 2.05) is 13.1 Å². The molecule has 0 saturated heterocycles. The Hall–Kier alpha value is -2.10. The van der Waals surface area contributed by atoms with Gasteiger partial charge < -0.3 is 9.32 Å². The van der Waals surface area contributed by atoms with Crippen LogP contribution in [0.5, 0.6) is 0 Å². The van der Waals surface area contributed by atoms with Crippen LogP contribution in [-0.2, 0) is 0 Å². The standard InChI is InChI=1S/C22H25NO3/c1-23(13-22-10-14-6-15(11-22)8-16(7-14)12-22)21(25)20-9-18(24)17-4-2-3-5-19(17)26-20/h2-5,9,14-16H,6-8,10-13H2,1H3. The molecule has 0 N–H and O–H groups in total. The quantitative estimate of drug-likeness (QED) is 0.837. The first kappa shape index (κ1) is 16.1. The Morgan fingerprint density at radius 3 is 2.38 bits per heavy atom. The SMILES string of the molecule is CN(CC12CC3CC(CC(C3)C1)C2)C(=O)c1cc(=O)c2ccccc2o1. The van der Waals surface area contributed by atoms with Crippen molar-refractivity contribution >= 4 is 16.9 Å². The van der Waals surface area contributed by atoms with E-state index in [-0.39, 0.29) is 22.5 Å². The molecule has 4 nitrogen and oxygen atoms in total. The number of para-hydroxylation sites is 1. The van der Waals surface area contributed by atoms with Crippen molar-refractivity contribution < 1.29 is 9.21 Å². The third-order valence-electron chi connectivity index (χ3n) is 6.93. The topological polar surface area (TPSA) is 50.5 Å². The summed E-state index contributed by atoms with van der Waals surface area (Å²) >= 11 is 0. The van der Waals surface area contributed by atoms with Crippen molar-refractivity contribution in [3.8, 4) is 0 Å². The largest absolute Gasteiger partial charge is 0.451 e. The molecule has 0 aliphatic heterocycles. The molecule has 1 amide bonds. The number of nitrogens with zero attached hydrogens (tertiary/aromatic N) is 1. The maximum Gasteiger partial charge on any atom is 0.289 e. The highest BCUT2D eigenvalue weighted by Crippen LogP contribution is 2.60. The summed E-state index contributed by atoms with van der Waals surface area (Å²) in [4.78, 5) is 27.1. The van der Waals surface area contributed by atoms with Gasteiger partial charge >= 0.3 is 0 Å². The first-order valence-electron chi connectivity index (χ1n) is 9.80. The van der Waals surface area contributed by atoms with Crippen molar-refractivity contribution in [2.24, 2.45) is 23.2 Å². The van der Waals surface area contributed by atoms with Crippen LogP contribution < -0.4 is 5.43 Å². The number of hydrogen-bond donors (Lipinski definition) is 0. The predicted octanol–water partition coefficient (Wildman–Crippen LogP) is 4.08. The molecule has 4 aliphatic carbocycles. The van der Waals surface area contributed by atoms with Gasteiger partial charge in [-0.2, -0.15) is 0 Å². The zero-order valence-corrected chi connectivity index (χ0v) is 15.2. The number of fused-ring (bicyclic) bond motifs is 1. The van der Waals surface area contributed by atoms with Gasteiger partial charge in [-0.3, -0.25) is 9.59 Å². The lowest BCUT2D eigenvalue weighted by Gasteiger charge is -2.57. The van der Waals surface area contributed by atoms with Crippen molar-refractivity contribution in [1.82, 2.24) is 4.90 Å². The highest BCUT2D eigenvalue weighted by molar-refractivity contribution is 5.93. The van der Waals surface area contributed by atoms with Gasteiger partial charge in [-0.05, 0) is 73.8 Å². The minimum Gasteiger partial charge on any atom is -0.451 e. The van der Waals surface area contributed by atoms with E-state index in [1.165, 1.54) is 44.6 Å². The number of carbonyl (C=O) groups excluding carboxylic acids is 1. The van der Waals surface area contributed by atoms with Crippen molar-refractivity contribution in [2.45, 2.75) is 38.5 Å². The summed E-state index contributed by atoms with van der Waals surface area (Å²) < 4.78 is 5.76. The molecule has 0 spiro atoms. The third-order valence-corrected chi connectivity index (χ3v) is 6.93. The zero-order valence-electron chi connectivity index (χ0n) is 15.2. The Labute approximate surface area is 153 Å². The van der Waals surface area contributed by atoms with E-state index in [9.17, 15) is 9.59 Å². The number of amides is 1. The average molecular weight is 351 g/mol. The monoisotopic (exact) mass is 351 g/mol. The second-order valence-corrected chi connectivity index (χ2v) is 9.05. The Morgan fingerprint density at radius 2 is 1.73 bits per heavy atom. The zero-order chi connectivity index (χ0) is 17.9. The van der Waals surface area contributed by atoms with E-state index >= 15 is 0 Å². The fourth-order valence-electron chi connectivity index (χ4n) is 6.46. The lowest BCUT2D eigenvalue weighted by Crippen LogP contribution is -2.51. The second-order valence-electron chi connectivity index (χ2n) is 9.05. The molecule has 4 bridgehead atoms. The maximum absolute atomic E-state index is 13.0. The van der Waals surface area contributed by atoms with Crippen LogP contribution in [0, 0.1) is 23.2 Å². The number of benzene rings is 1. The normalized spacial score (nSPS) is 32.1. The van der Waals surface area contributed by atoms with E-state index in [2.05, 4.69) is 0 Å². The first-order chi connectivity index (χ1) is 12.5. The fourth-order valence-corrected chi connectivity index (χ4v) is 6.46. The van der Waals surface area contributed by atoms with Crippen LogP contribution in [0.1, 0.15) is 49.1 Å². The van der Waals surface area contributed by atoms with Crippen LogP contribution in [0.4, 0.5) is 0 Å². The summed E-state index contributed by atoms with van der Waals surface area (Å²) in [6.45, 7) is 0.784. The molecule has 0 unspecified atom stereocenters. The van der Waals surface area contributed by atoms with E-state index in [4.69, 9.17) is 4.42 Å². The predicted molar refractivity (Wildman–Crippen MR) is 100 cm³/mol. The highest BCUT2D eigenvalue weighted by atomic mass is 16.3. The van der Waals surface area contributed by atoms with Gasteiger partial charge in [0.25, 0.3) is 5.91 Å². The lowest BCUT2D eigenvalue weighted by atomic mass is 9.49. The number of carbonyl (C=O) groups is 1. The minimum absolute atomic E-state index is 0.154. The molecule has 0 atom stereocenters. The van der Waals surface area contributed by atoms with Crippen LogP contribution in [-0.4, -0.2) is 24.4 Å². The van der Waals surface area contributed by atoms with Gasteiger partial charge in [0.15, 0.2) is 11.2 Å². The maximum atomic E-state index is 13.0. The van der Waals surface area contributed by atoms with Crippen LogP contribution in [0.3, 0.4) is 0 Å². The van der Waals surface area contributed by atoms with Crippen molar-refractivity contribution in [3.05, 3.63) is 46.3 Å². The molecule has 4 saturated carbocycles. The molecule has 1 aromatic carbocycles. The Morgan fingerprint density at radius 1 is 1.12 bits per heavy atom. The van der Waals surface area contributed by atoms with Crippen LogP contribution >= 0.6 is 0 Å². The molecule has 6 rings (SSSR count). The molecule has 1 heterocycles. The van der Waals surface area contributed by atoms with Crippen molar-refractivity contribution in [2.75, 3.05) is 13.6 Å². The molecular weight excluding hydrogens is 326 g/mol. The Balaban J connectivity index is 1.40.